The molecule has 0 bridgehead atoms. The van der Waals surface area contributed by atoms with Gasteiger partial charge in [0.1, 0.15) is 0 Å². The predicted molar refractivity (Wildman–Crippen MR) is 77.8 cm³/mol. The van der Waals surface area contributed by atoms with Gasteiger partial charge in [0.25, 0.3) is 0 Å². The summed E-state index contributed by atoms with van der Waals surface area (Å²) >= 11 is 5.28. The molecule has 1 aromatic heterocycles. The number of nitrogens with one attached hydrogen (secondary N) is 1. The highest BCUT2D eigenvalue weighted by Gasteiger charge is 2.10. The second kappa shape index (κ2) is 4.83. The van der Waals surface area contributed by atoms with Gasteiger partial charge in [0.15, 0.2) is 0 Å². The topological polar surface area (TPSA) is 12.0 Å². The quantitative estimate of drug-likeness (QED) is 0.873. The van der Waals surface area contributed by atoms with Crippen LogP contribution in [0.1, 0.15) is 22.4 Å². The standard InChI is InChI=1S/C14H14BrNS/c15-14-7-6-13(17-14)9-16-12-5-4-10-2-1-3-11(10)8-12/h4-8,16H,1-3,9H2. The van der Waals surface area contributed by atoms with Gasteiger partial charge >= 0.3 is 0 Å². The average Bonchev–Trinajstić information content (AvgIpc) is 2.94. The van der Waals surface area contributed by atoms with Crippen LogP contribution in [-0.4, -0.2) is 0 Å². The van der Waals surface area contributed by atoms with Gasteiger partial charge in [-0.2, -0.15) is 0 Å². The molecule has 0 saturated carbocycles. The Bertz CT molecular complexity index is 533. The van der Waals surface area contributed by atoms with E-state index in [0.29, 0.717) is 0 Å². The van der Waals surface area contributed by atoms with Crippen molar-refractivity contribution in [2.45, 2.75) is 25.8 Å². The molecule has 1 aliphatic rings. The Morgan fingerprint density at radius 1 is 1.12 bits per heavy atom. The molecule has 0 spiro atoms. The Kier molecular flexibility index (Phi) is 3.21. The molecule has 3 rings (SSSR count). The van der Waals surface area contributed by atoms with Crippen LogP contribution in [-0.2, 0) is 19.4 Å². The fourth-order valence-electron chi connectivity index (χ4n) is 2.32. The van der Waals surface area contributed by atoms with Crippen molar-refractivity contribution in [2.75, 3.05) is 5.32 Å². The van der Waals surface area contributed by atoms with Crippen molar-refractivity contribution in [3.05, 3.63) is 50.1 Å². The zero-order chi connectivity index (χ0) is 11.7. The summed E-state index contributed by atoms with van der Waals surface area (Å²) in [5, 5.41) is 3.49. The Morgan fingerprint density at radius 2 is 2.00 bits per heavy atom. The number of rotatable bonds is 3. The second-order valence-electron chi connectivity index (χ2n) is 4.40. The molecule has 1 heterocycles. The van der Waals surface area contributed by atoms with Crippen molar-refractivity contribution < 1.29 is 0 Å². The summed E-state index contributed by atoms with van der Waals surface area (Å²) < 4.78 is 1.20. The van der Waals surface area contributed by atoms with Gasteiger partial charge in [0, 0.05) is 17.1 Å². The Balaban J connectivity index is 1.69. The lowest BCUT2D eigenvalue weighted by molar-refractivity contribution is 0.912. The molecular weight excluding hydrogens is 294 g/mol. The van der Waals surface area contributed by atoms with Crippen LogP contribution in [0.4, 0.5) is 5.69 Å². The molecule has 0 aliphatic heterocycles. The number of hydrogen-bond acceptors (Lipinski definition) is 2. The molecule has 0 saturated heterocycles. The van der Waals surface area contributed by atoms with Crippen LogP contribution in [0.25, 0.3) is 0 Å². The molecule has 0 fully saturated rings. The molecule has 1 N–H and O–H groups in total. The van der Waals surface area contributed by atoms with Crippen molar-refractivity contribution in [2.24, 2.45) is 0 Å². The van der Waals surface area contributed by atoms with Gasteiger partial charge in [-0.3, -0.25) is 0 Å². The molecule has 1 nitrogen and oxygen atoms in total. The van der Waals surface area contributed by atoms with Crippen molar-refractivity contribution in [3.63, 3.8) is 0 Å². The largest absolute Gasteiger partial charge is 0.380 e. The average molecular weight is 308 g/mol. The molecule has 1 aliphatic carbocycles. The van der Waals surface area contributed by atoms with E-state index < -0.39 is 0 Å². The van der Waals surface area contributed by atoms with Crippen molar-refractivity contribution >= 4 is 33.0 Å². The van der Waals surface area contributed by atoms with E-state index in [0.717, 1.165) is 6.54 Å². The number of benzene rings is 1. The zero-order valence-corrected chi connectivity index (χ0v) is 11.9. The number of thiophene rings is 1. The summed E-state index contributed by atoms with van der Waals surface area (Å²) in [6, 6.07) is 11.0. The van der Waals surface area contributed by atoms with Crippen LogP contribution < -0.4 is 5.32 Å². The van der Waals surface area contributed by atoms with Crippen LogP contribution in [0, 0.1) is 0 Å². The van der Waals surface area contributed by atoms with E-state index in [1.54, 1.807) is 11.3 Å². The predicted octanol–water partition coefficient (Wildman–Crippen LogP) is 4.61. The molecule has 17 heavy (non-hydrogen) atoms. The minimum Gasteiger partial charge on any atom is -0.380 e. The third kappa shape index (κ3) is 2.55. The number of hydrogen-bond donors (Lipinski definition) is 1. The van der Waals surface area contributed by atoms with E-state index in [4.69, 9.17) is 0 Å². The minimum atomic E-state index is 0.912. The first-order chi connectivity index (χ1) is 8.31. The van der Waals surface area contributed by atoms with Gasteiger partial charge in [0.05, 0.1) is 3.79 Å². The van der Waals surface area contributed by atoms with Gasteiger partial charge < -0.3 is 5.32 Å². The lowest BCUT2D eigenvalue weighted by Crippen LogP contribution is -1.98. The van der Waals surface area contributed by atoms with E-state index in [1.807, 2.05) is 0 Å². The molecule has 0 radical (unpaired) electrons. The van der Waals surface area contributed by atoms with Crippen LogP contribution in [0.5, 0.6) is 0 Å². The normalized spacial score (nSPS) is 13.7. The van der Waals surface area contributed by atoms with Gasteiger partial charge in [-0.25, -0.2) is 0 Å². The number of fused-ring (bicyclic) bond motifs is 1. The highest BCUT2D eigenvalue weighted by atomic mass is 79.9. The number of halogens is 1. The van der Waals surface area contributed by atoms with Crippen molar-refractivity contribution in [3.8, 4) is 0 Å². The third-order valence-electron chi connectivity index (χ3n) is 3.19. The molecule has 0 atom stereocenters. The fourth-order valence-corrected chi connectivity index (χ4v) is 3.74. The monoisotopic (exact) mass is 307 g/mol. The highest BCUT2D eigenvalue weighted by molar-refractivity contribution is 9.11. The van der Waals surface area contributed by atoms with E-state index in [1.165, 1.54) is 44.7 Å². The Morgan fingerprint density at radius 3 is 2.82 bits per heavy atom. The van der Waals surface area contributed by atoms with Crippen LogP contribution in [0.15, 0.2) is 34.1 Å². The Hall–Kier alpha value is -0.800. The summed E-state index contributed by atoms with van der Waals surface area (Å²) in [5.41, 5.74) is 4.31. The van der Waals surface area contributed by atoms with Crippen molar-refractivity contribution in [1.82, 2.24) is 0 Å². The van der Waals surface area contributed by atoms with E-state index in [2.05, 4.69) is 51.6 Å². The number of anilines is 1. The first kappa shape index (κ1) is 11.3. The van der Waals surface area contributed by atoms with Crippen LogP contribution in [0.2, 0.25) is 0 Å². The Labute approximate surface area is 114 Å². The fraction of sp³-hybridized carbons (Fsp3) is 0.286. The number of aryl methyl sites for hydroxylation is 2. The van der Waals surface area contributed by atoms with E-state index >= 15 is 0 Å². The minimum absolute atomic E-state index is 0.912. The van der Waals surface area contributed by atoms with Crippen LogP contribution in [0.3, 0.4) is 0 Å². The lowest BCUT2D eigenvalue weighted by atomic mass is 10.1. The first-order valence-corrected chi connectivity index (χ1v) is 7.52. The summed E-state index contributed by atoms with van der Waals surface area (Å²) in [5.74, 6) is 0. The molecule has 0 unspecified atom stereocenters. The summed E-state index contributed by atoms with van der Waals surface area (Å²) in [6.45, 7) is 0.912. The maximum atomic E-state index is 3.49. The lowest BCUT2D eigenvalue weighted by Gasteiger charge is -2.07. The highest BCUT2D eigenvalue weighted by Crippen LogP contribution is 2.26. The van der Waals surface area contributed by atoms with Gasteiger partial charge in [-0.05, 0) is 70.6 Å². The zero-order valence-electron chi connectivity index (χ0n) is 9.50. The van der Waals surface area contributed by atoms with E-state index in [9.17, 15) is 0 Å². The molecule has 1 aromatic carbocycles. The molecule has 0 amide bonds. The summed E-state index contributed by atoms with van der Waals surface area (Å²) in [4.78, 5) is 1.36. The van der Waals surface area contributed by atoms with Crippen LogP contribution >= 0.6 is 27.3 Å². The maximum Gasteiger partial charge on any atom is 0.0702 e. The molecule has 3 heteroatoms. The molecule has 2 aromatic rings. The SMILES string of the molecule is Brc1ccc(CNc2ccc3c(c2)CCC3)s1. The van der Waals surface area contributed by atoms with Crippen molar-refractivity contribution in [1.29, 1.82) is 0 Å². The summed E-state index contributed by atoms with van der Waals surface area (Å²) in [6.07, 6.45) is 3.82. The second-order valence-corrected chi connectivity index (χ2v) is 6.94. The van der Waals surface area contributed by atoms with E-state index in [-0.39, 0.29) is 0 Å². The van der Waals surface area contributed by atoms with Gasteiger partial charge in [-0.1, -0.05) is 6.07 Å². The van der Waals surface area contributed by atoms with Gasteiger partial charge in [-0.15, -0.1) is 11.3 Å². The van der Waals surface area contributed by atoms with Gasteiger partial charge in [0.2, 0.25) is 0 Å². The summed E-state index contributed by atoms with van der Waals surface area (Å²) in [7, 11) is 0. The first-order valence-electron chi connectivity index (χ1n) is 5.91. The maximum absolute atomic E-state index is 3.49. The molecular formula is C14H14BrNS. The third-order valence-corrected chi connectivity index (χ3v) is 4.82. The smallest absolute Gasteiger partial charge is 0.0702 e. The molecule has 88 valence electrons.